The third-order valence-electron chi connectivity index (χ3n) is 5.87. The van der Waals surface area contributed by atoms with E-state index in [4.69, 9.17) is 4.98 Å². The van der Waals surface area contributed by atoms with Gasteiger partial charge in [0, 0.05) is 31.4 Å². The summed E-state index contributed by atoms with van der Waals surface area (Å²) in [4.78, 5) is 22.3. The van der Waals surface area contributed by atoms with Crippen molar-refractivity contribution in [3.8, 4) is 0 Å². The molecule has 1 amide bonds. The highest BCUT2D eigenvalue weighted by atomic mass is 16.2. The predicted octanol–water partition coefficient (Wildman–Crippen LogP) is 4.83. The number of nitrogens with zero attached hydrogens (tertiary/aromatic N) is 3. The summed E-state index contributed by atoms with van der Waals surface area (Å²) >= 11 is 0. The Bertz CT molecular complexity index is 736. The van der Waals surface area contributed by atoms with E-state index in [2.05, 4.69) is 17.0 Å². The van der Waals surface area contributed by atoms with Crippen LogP contribution in [0.25, 0.3) is 0 Å². The number of piperidine rings is 1. The summed E-state index contributed by atoms with van der Waals surface area (Å²) in [6.07, 6.45) is 10.4. The molecule has 0 aliphatic carbocycles. The fourth-order valence-corrected chi connectivity index (χ4v) is 4.35. The topological polar surface area (TPSA) is 36.4 Å². The van der Waals surface area contributed by atoms with Crippen LogP contribution in [0.5, 0.6) is 0 Å². The van der Waals surface area contributed by atoms with Gasteiger partial charge in [0.25, 0.3) is 5.91 Å². The van der Waals surface area contributed by atoms with Gasteiger partial charge >= 0.3 is 0 Å². The van der Waals surface area contributed by atoms with Gasteiger partial charge < -0.3 is 9.80 Å². The van der Waals surface area contributed by atoms with Crippen LogP contribution in [0.2, 0.25) is 0 Å². The Morgan fingerprint density at radius 3 is 2.30 bits per heavy atom. The smallest absolute Gasteiger partial charge is 0.254 e. The van der Waals surface area contributed by atoms with Gasteiger partial charge in [-0.2, -0.15) is 0 Å². The van der Waals surface area contributed by atoms with E-state index in [0.717, 1.165) is 55.8 Å². The zero-order valence-electron chi connectivity index (χ0n) is 16.0. The molecular weight excluding hydrogens is 334 g/mol. The van der Waals surface area contributed by atoms with E-state index in [0.29, 0.717) is 0 Å². The normalized spacial score (nSPS) is 21.0. The van der Waals surface area contributed by atoms with Crippen LogP contribution >= 0.6 is 0 Å². The lowest BCUT2D eigenvalue weighted by Gasteiger charge is -2.36. The van der Waals surface area contributed by atoms with Crippen molar-refractivity contribution in [1.29, 1.82) is 0 Å². The zero-order valence-corrected chi connectivity index (χ0v) is 16.0. The molecule has 0 N–H and O–H groups in total. The highest BCUT2D eigenvalue weighted by molar-refractivity contribution is 5.94. The first-order valence-electron chi connectivity index (χ1n) is 10.4. The quantitative estimate of drug-likeness (QED) is 0.784. The Labute approximate surface area is 162 Å². The molecule has 2 fully saturated rings. The number of anilines is 1. The van der Waals surface area contributed by atoms with E-state index >= 15 is 0 Å². The lowest BCUT2D eigenvalue weighted by molar-refractivity contribution is 0.0611. The maximum absolute atomic E-state index is 13.0. The minimum absolute atomic E-state index is 0.136. The molecule has 4 nitrogen and oxygen atoms in total. The molecule has 2 aliphatic rings. The molecule has 2 aliphatic heterocycles. The standard InChI is InChI=1S/C23H29N3O/c27-23(19-10-4-3-5-11-19)26-17-9-6-12-21(26)20-13-14-22(24-18-20)25-15-7-1-2-8-16-25/h3-5,10-11,13-14,18,21H,1-2,6-9,12,15-17H2/t21-/m1/s1. The molecular formula is C23H29N3O. The van der Waals surface area contributed by atoms with Crippen molar-refractivity contribution in [3.63, 3.8) is 0 Å². The Morgan fingerprint density at radius 2 is 1.59 bits per heavy atom. The van der Waals surface area contributed by atoms with E-state index in [9.17, 15) is 4.79 Å². The molecule has 1 atom stereocenters. The SMILES string of the molecule is O=C(c1ccccc1)N1CCCC[C@@H]1c1ccc(N2CCCCCC2)nc1. The van der Waals surface area contributed by atoms with Gasteiger partial charge in [-0.05, 0) is 55.9 Å². The van der Waals surface area contributed by atoms with Crippen molar-refractivity contribution < 1.29 is 4.79 Å². The number of aromatic nitrogens is 1. The summed E-state index contributed by atoms with van der Waals surface area (Å²) in [6, 6.07) is 14.1. The fourth-order valence-electron chi connectivity index (χ4n) is 4.35. The lowest BCUT2D eigenvalue weighted by atomic mass is 9.95. The van der Waals surface area contributed by atoms with E-state index in [1.807, 2.05) is 41.4 Å². The van der Waals surface area contributed by atoms with Crippen LogP contribution in [-0.4, -0.2) is 35.4 Å². The molecule has 1 aromatic carbocycles. The van der Waals surface area contributed by atoms with Crippen LogP contribution in [0.15, 0.2) is 48.7 Å². The van der Waals surface area contributed by atoms with E-state index in [-0.39, 0.29) is 11.9 Å². The maximum Gasteiger partial charge on any atom is 0.254 e. The van der Waals surface area contributed by atoms with Crippen LogP contribution in [-0.2, 0) is 0 Å². The number of rotatable bonds is 3. The van der Waals surface area contributed by atoms with Gasteiger partial charge in [0.2, 0.25) is 0 Å². The molecule has 142 valence electrons. The predicted molar refractivity (Wildman–Crippen MR) is 109 cm³/mol. The molecule has 1 aromatic heterocycles. The third kappa shape index (κ3) is 4.15. The van der Waals surface area contributed by atoms with E-state index in [1.165, 1.54) is 25.7 Å². The molecule has 3 heterocycles. The maximum atomic E-state index is 13.0. The number of hydrogen-bond donors (Lipinski definition) is 0. The molecule has 2 aromatic rings. The van der Waals surface area contributed by atoms with E-state index in [1.54, 1.807) is 0 Å². The second-order valence-corrected chi connectivity index (χ2v) is 7.73. The van der Waals surface area contributed by atoms with Crippen LogP contribution < -0.4 is 4.90 Å². The Balaban J connectivity index is 1.52. The number of pyridine rings is 1. The number of carbonyl (C=O) groups is 1. The summed E-state index contributed by atoms with van der Waals surface area (Å²) in [7, 11) is 0. The second-order valence-electron chi connectivity index (χ2n) is 7.73. The van der Waals surface area contributed by atoms with E-state index < -0.39 is 0 Å². The van der Waals surface area contributed by atoms with Gasteiger partial charge in [-0.15, -0.1) is 0 Å². The summed E-state index contributed by atoms with van der Waals surface area (Å²) in [5.41, 5.74) is 1.94. The average Bonchev–Trinajstić information content (AvgIpc) is 3.04. The Kier molecular flexibility index (Phi) is 5.71. The number of benzene rings is 1. The minimum atomic E-state index is 0.136. The molecule has 2 saturated heterocycles. The highest BCUT2D eigenvalue weighted by Crippen LogP contribution is 2.32. The van der Waals surface area contributed by atoms with Crippen molar-refractivity contribution in [1.82, 2.24) is 9.88 Å². The molecule has 0 spiro atoms. The first-order chi connectivity index (χ1) is 13.3. The molecule has 4 rings (SSSR count). The van der Waals surface area contributed by atoms with Crippen LogP contribution in [0.4, 0.5) is 5.82 Å². The minimum Gasteiger partial charge on any atom is -0.357 e. The summed E-state index contributed by atoms with van der Waals surface area (Å²) < 4.78 is 0. The average molecular weight is 364 g/mol. The Hall–Kier alpha value is -2.36. The van der Waals surface area contributed by atoms with Gasteiger partial charge in [0.15, 0.2) is 0 Å². The number of carbonyl (C=O) groups excluding carboxylic acids is 1. The molecule has 0 bridgehead atoms. The largest absolute Gasteiger partial charge is 0.357 e. The summed E-state index contributed by atoms with van der Waals surface area (Å²) in [5.74, 6) is 1.22. The van der Waals surface area contributed by atoms with Crippen molar-refractivity contribution in [3.05, 3.63) is 59.8 Å². The van der Waals surface area contributed by atoms with Crippen LogP contribution in [0.1, 0.15) is 66.9 Å². The second kappa shape index (κ2) is 8.55. The summed E-state index contributed by atoms with van der Waals surface area (Å²) in [6.45, 7) is 3.04. The third-order valence-corrected chi connectivity index (χ3v) is 5.87. The number of amides is 1. The molecule has 27 heavy (non-hydrogen) atoms. The summed E-state index contributed by atoms with van der Waals surface area (Å²) in [5, 5.41) is 0. The fraction of sp³-hybridized carbons (Fsp3) is 0.478. The lowest BCUT2D eigenvalue weighted by Crippen LogP contribution is -2.38. The first-order valence-corrected chi connectivity index (χ1v) is 10.4. The zero-order chi connectivity index (χ0) is 18.5. The van der Waals surface area contributed by atoms with Crippen LogP contribution in [0.3, 0.4) is 0 Å². The molecule has 0 radical (unpaired) electrons. The van der Waals surface area contributed by atoms with Gasteiger partial charge in [-0.25, -0.2) is 4.98 Å². The van der Waals surface area contributed by atoms with Crippen molar-refractivity contribution >= 4 is 11.7 Å². The molecule has 0 saturated carbocycles. The van der Waals surface area contributed by atoms with Gasteiger partial charge in [0.1, 0.15) is 5.82 Å². The van der Waals surface area contributed by atoms with Crippen molar-refractivity contribution in [2.45, 2.75) is 51.0 Å². The van der Waals surface area contributed by atoms with Crippen LogP contribution in [0, 0.1) is 0 Å². The van der Waals surface area contributed by atoms with Gasteiger partial charge in [-0.3, -0.25) is 4.79 Å². The number of likely N-dealkylation sites (tertiary alicyclic amines) is 1. The van der Waals surface area contributed by atoms with Gasteiger partial charge in [0.05, 0.1) is 6.04 Å². The monoisotopic (exact) mass is 363 g/mol. The van der Waals surface area contributed by atoms with Gasteiger partial charge in [-0.1, -0.05) is 37.1 Å². The number of hydrogen-bond acceptors (Lipinski definition) is 3. The molecule has 0 unspecified atom stereocenters. The first kappa shape index (κ1) is 18.0. The van der Waals surface area contributed by atoms with Crippen molar-refractivity contribution in [2.75, 3.05) is 24.5 Å². The van der Waals surface area contributed by atoms with Crippen molar-refractivity contribution in [2.24, 2.45) is 0 Å². The highest BCUT2D eigenvalue weighted by Gasteiger charge is 2.29. The molecule has 4 heteroatoms. The Morgan fingerprint density at radius 1 is 0.852 bits per heavy atom.